The van der Waals surface area contributed by atoms with Gasteiger partial charge in [0.15, 0.2) is 0 Å². The summed E-state index contributed by atoms with van der Waals surface area (Å²) in [5.74, 6) is 1.21. The van der Waals surface area contributed by atoms with Gasteiger partial charge in [-0.15, -0.1) is 12.4 Å². The van der Waals surface area contributed by atoms with E-state index in [9.17, 15) is 4.79 Å². The number of ether oxygens (including phenoxy) is 1. The summed E-state index contributed by atoms with van der Waals surface area (Å²) in [6.07, 6.45) is 3.45. The van der Waals surface area contributed by atoms with Crippen LogP contribution < -0.4 is 4.74 Å². The van der Waals surface area contributed by atoms with Gasteiger partial charge in [0.25, 0.3) is 0 Å². The van der Waals surface area contributed by atoms with Crippen LogP contribution in [0.25, 0.3) is 0 Å². The Morgan fingerprint density at radius 2 is 1.70 bits per heavy atom. The molecule has 0 saturated heterocycles. The van der Waals surface area contributed by atoms with Crippen LogP contribution in [0.15, 0.2) is 42.5 Å². The Morgan fingerprint density at radius 1 is 1.04 bits per heavy atom. The van der Waals surface area contributed by atoms with Gasteiger partial charge >= 0.3 is 0 Å². The molecule has 5 heteroatoms. The van der Waals surface area contributed by atoms with Crippen molar-refractivity contribution in [2.24, 2.45) is 5.92 Å². The van der Waals surface area contributed by atoms with E-state index in [1.165, 1.54) is 12.8 Å². The van der Waals surface area contributed by atoms with Crippen molar-refractivity contribution in [1.82, 2.24) is 0 Å². The zero-order valence-corrected chi connectivity index (χ0v) is 14.7. The van der Waals surface area contributed by atoms with Gasteiger partial charge in [0, 0.05) is 0 Å². The zero-order chi connectivity index (χ0) is 15.5. The van der Waals surface area contributed by atoms with E-state index in [0.717, 1.165) is 35.7 Å². The summed E-state index contributed by atoms with van der Waals surface area (Å²) in [5.41, 5.74) is 1.74. The maximum atomic E-state index is 11.5. The molecule has 0 N–H and O–H groups in total. The van der Waals surface area contributed by atoms with E-state index >= 15 is 0 Å². The van der Waals surface area contributed by atoms with Crippen molar-refractivity contribution in [2.45, 2.75) is 18.8 Å². The van der Waals surface area contributed by atoms with Gasteiger partial charge in [0.05, 0.1) is 22.6 Å². The molecule has 0 amide bonds. The van der Waals surface area contributed by atoms with Gasteiger partial charge < -0.3 is 9.53 Å². The average molecular weight is 372 g/mol. The number of hydrogen-bond donors (Lipinski definition) is 0. The molecule has 3 rings (SSSR count). The number of hydrogen-bond acceptors (Lipinski definition) is 2. The van der Waals surface area contributed by atoms with E-state index in [0.29, 0.717) is 10.0 Å². The lowest BCUT2D eigenvalue weighted by molar-refractivity contribution is -0.108. The largest absolute Gasteiger partial charge is 0.493 e. The van der Waals surface area contributed by atoms with E-state index in [2.05, 4.69) is 0 Å². The van der Waals surface area contributed by atoms with Crippen LogP contribution in [0.1, 0.15) is 29.9 Å². The molecule has 1 aliphatic carbocycles. The molecule has 0 bridgehead atoms. The van der Waals surface area contributed by atoms with Crippen LogP contribution in [0.5, 0.6) is 5.75 Å². The second-order valence-electron chi connectivity index (χ2n) is 5.61. The number of carbonyl (C=O) groups is 1. The Labute approximate surface area is 152 Å². The van der Waals surface area contributed by atoms with Crippen LogP contribution in [0.2, 0.25) is 10.0 Å². The van der Waals surface area contributed by atoms with Crippen LogP contribution in [0.4, 0.5) is 0 Å². The number of carbonyl (C=O) groups excluding carboxylic acids is 1. The average Bonchev–Trinajstić information content (AvgIpc) is 3.35. The lowest BCUT2D eigenvalue weighted by atomic mass is 9.93. The number of rotatable bonds is 6. The van der Waals surface area contributed by atoms with Gasteiger partial charge in [-0.05, 0) is 54.2 Å². The molecule has 23 heavy (non-hydrogen) atoms. The topological polar surface area (TPSA) is 26.3 Å². The van der Waals surface area contributed by atoms with E-state index < -0.39 is 0 Å². The minimum atomic E-state index is -0.354. The maximum Gasteiger partial charge on any atom is 0.131 e. The van der Waals surface area contributed by atoms with Crippen molar-refractivity contribution < 1.29 is 9.53 Å². The van der Waals surface area contributed by atoms with E-state index in [4.69, 9.17) is 27.9 Å². The van der Waals surface area contributed by atoms with Crippen molar-refractivity contribution in [3.05, 3.63) is 63.6 Å². The number of benzene rings is 2. The second kappa shape index (κ2) is 8.05. The first-order chi connectivity index (χ1) is 10.7. The van der Waals surface area contributed by atoms with Gasteiger partial charge in [-0.2, -0.15) is 0 Å². The second-order valence-corrected chi connectivity index (χ2v) is 6.43. The van der Waals surface area contributed by atoms with Gasteiger partial charge in [-0.1, -0.05) is 41.4 Å². The highest BCUT2D eigenvalue weighted by Gasteiger charge is 2.22. The highest BCUT2D eigenvalue weighted by molar-refractivity contribution is 6.42. The molecule has 0 aromatic heterocycles. The Morgan fingerprint density at radius 3 is 2.26 bits per heavy atom. The third-order valence-electron chi connectivity index (χ3n) is 3.86. The zero-order valence-electron chi connectivity index (χ0n) is 12.4. The minimum Gasteiger partial charge on any atom is -0.493 e. The molecule has 1 saturated carbocycles. The summed E-state index contributed by atoms with van der Waals surface area (Å²) < 4.78 is 5.71. The fourth-order valence-corrected chi connectivity index (χ4v) is 2.63. The van der Waals surface area contributed by atoms with Gasteiger partial charge in [-0.3, -0.25) is 0 Å². The summed E-state index contributed by atoms with van der Waals surface area (Å²) in [5, 5.41) is 0.939. The van der Waals surface area contributed by atoms with Crippen LogP contribution in [0, 0.1) is 5.92 Å². The van der Waals surface area contributed by atoms with E-state index in [-0.39, 0.29) is 18.3 Å². The van der Waals surface area contributed by atoms with Crippen molar-refractivity contribution in [3.63, 3.8) is 0 Å². The molecule has 0 heterocycles. The standard InChI is InChI=1S/C18H16Cl2O2.ClH/c19-17-8-5-14(9-18(17)20)16(10-21)13-3-6-15(7-4-13)22-11-12-1-2-12;/h3-10,12,16H,1-2,11H2;1H. The SMILES string of the molecule is Cl.O=CC(c1ccc(OCC2CC2)cc1)c1ccc(Cl)c(Cl)c1. The Balaban J connectivity index is 0.00000192. The van der Waals surface area contributed by atoms with Crippen molar-refractivity contribution in [1.29, 1.82) is 0 Å². The van der Waals surface area contributed by atoms with E-state index in [1.54, 1.807) is 12.1 Å². The maximum absolute atomic E-state index is 11.5. The number of aldehydes is 1. The van der Waals surface area contributed by atoms with Crippen LogP contribution in [0.3, 0.4) is 0 Å². The van der Waals surface area contributed by atoms with Crippen molar-refractivity contribution >= 4 is 41.9 Å². The monoisotopic (exact) mass is 370 g/mol. The molecule has 2 nitrogen and oxygen atoms in total. The molecule has 1 atom stereocenters. The third-order valence-corrected chi connectivity index (χ3v) is 4.60. The first kappa shape index (κ1) is 18.1. The fraction of sp³-hybridized carbons (Fsp3) is 0.278. The first-order valence-electron chi connectivity index (χ1n) is 7.30. The first-order valence-corrected chi connectivity index (χ1v) is 8.06. The van der Waals surface area contributed by atoms with Crippen molar-refractivity contribution in [2.75, 3.05) is 6.61 Å². The summed E-state index contributed by atoms with van der Waals surface area (Å²) in [7, 11) is 0. The quantitative estimate of drug-likeness (QED) is 0.624. The lowest BCUT2D eigenvalue weighted by Crippen LogP contribution is -2.03. The normalized spacial score (nSPS) is 14.7. The molecular weight excluding hydrogens is 355 g/mol. The fourth-order valence-electron chi connectivity index (χ4n) is 2.33. The van der Waals surface area contributed by atoms with Crippen molar-refractivity contribution in [3.8, 4) is 5.75 Å². The molecule has 0 radical (unpaired) electrons. The van der Waals surface area contributed by atoms with E-state index in [1.807, 2.05) is 30.3 Å². The van der Waals surface area contributed by atoms with Crippen LogP contribution >= 0.6 is 35.6 Å². The molecule has 2 aromatic rings. The molecule has 1 aliphatic rings. The predicted octanol–water partition coefficient (Wildman–Crippen LogP) is 5.53. The van der Waals surface area contributed by atoms with Gasteiger partial charge in [-0.25, -0.2) is 0 Å². The molecular formula is C18H17Cl3O2. The Hall–Kier alpha value is -1.22. The van der Waals surface area contributed by atoms with Gasteiger partial charge in [0.1, 0.15) is 12.0 Å². The minimum absolute atomic E-state index is 0. The number of halogens is 3. The van der Waals surface area contributed by atoms with Gasteiger partial charge in [0.2, 0.25) is 0 Å². The molecule has 1 fully saturated rings. The third kappa shape index (κ3) is 4.63. The predicted molar refractivity (Wildman–Crippen MR) is 96.3 cm³/mol. The highest BCUT2D eigenvalue weighted by atomic mass is 35.5. The van der Waals surface area contributed by atoms with Crippen LogP contribution in [-0.2, 0) is 4.79 Å². The summed E-state index contributed by atoms with van der Waals surface area (Å²) >= 11 is 12.0. The molecule has 2 aromatic carbocycles. The molecule has 0 aliphatic heterocycles. The van der Waals surface area contributed by atoms with Crippen LogP contribution in [-0.4, -0.2) is 12.9 Å². The lowest BCUT2D eigenvalue weighted by Gasteiger charge is -2.13. The molecule has 1 unspecified atom stereocenters. The Kier molecular flexibility index (Phi) is 6.34. The smallest absolute Gasteiger partial charge is 0.131 e. The summed E-state index contributed by atoms with van der Waals surface area (Å²) in [6, 6.07) is 12.9. The molecule has 122 valence electrons. The summed E-state index contributed by atoms with van der Waals surface area (Å²) in [4.78, 5) is 11.5. The summed E-state index contributed by atoms with van der Waals surface area (Å²) in [6.45, 7) is 0.781. The highest BCUT2D eigenvalue weighted by Crippen LogP contribution is 2.31. The Bertz CT molecular complexity index is 666. The molecule has 0 spiro atoms.